The zero-order chi connectivity index (χ0) is 102. The van der Waals surface area contributed by atoms with Crippen molar-refractivity contribution in [1.82, 2.24) is 14.0 Å². The smallest absolute Gasteiger partial charge is 0.191 e. The highest BCUT2D eigenvalue weighted by Gasteiger charge is 2.62. The van der Waals surface area contributed by atoms with E-state index in [0.717, 1.165) is 48.4 Å². The van der Waals surface area contributed by atoms with Crippen molar-refractivity contribution in [2.24, 2.45) is 41.4 Å². The van der Waals surface area contributed by atoms with Gasteiger partial charge < -0.3 is 9.80 Å². The van der Waals surface area contributed by atoms with E-state index in [9.17, 15) is 0 Å². The van der Waals surface area contributed by atoms with E-state index in [0.29, 0.717) is 35.5 Å². The van der Waals surface area contributed by atoms with Crippen LogP contribution in [0.4, 0.5) is 34.1 Å². The van der Waals surface area contributed by atoms with E-state index in [1.807, 2.05) is 0 Å². The van der Waals surface area contributed by atoms with Gasteiger partial charge in [0.2, 0.25) is 0 Å². The van der Waals surface area contributed by atoms with Crippen LogP contribution >= 0.6 is 0 Å². The van der Waals surface area contributed by atoms with E-state index in [1.54, 1.807) is 39.0 Å². The molecule has 0 radical (unpaired) electrons. The van der Waals surface area contributed by atoms with Crippen LogP contribution in [0, 0.1) is 41.4 Å². The molecule has 766 valence electrons. The highest BCUT2D eigenvalue weighted by Crippen LogP contribution is 2.68. The first-order chi connectivity index (χ1) is 67.8. The maximum atomic E-state index is 3.10. The minimum Gasteiger partial charge on any atom is -0.310 e. The van der Waals surface area contributed by atoms with Crippen molar-refractivity contribution in [1.29, 1.82) is 0 Å². The number of rotatable bonds is 30. The Balaban J connectivity index is 0.000000149. The fourth-order valence-electron chi connectivity index (χ4n) is 32.7. The van der Waals surface area contributed by atoms with Crippen molar-refractivity contribution in [3.05, 3.63) is 292 Å². The summed E-state index contributed by atoms with van der Waals surface area (Å²) in [6.45, 7) is 47.6. The molecule has 5 saturated carbocycles. The standard InChI is InChI=1S/C48H68N3Si.C47H66N3Si.C37H55N2Si/c1-9-11-30-48(31-12-10-2)45-34-41(49(38-22-16-13-17-23-38)39-24-18-14-19-25-39)28-29-42(45)44-33-37-32-36(3)47(43(37)35-46(44)48)52(7,8)50(51(4,5)6)40-26-20-15-21-27-40;1-8-10-31-47(32-11-9-2)44-34-40(48(37-21-15-12-16-22-37)38-23-17-13-18-24-38)28-29-41(44)43-33-36-27-30-46(42(36)35-45(43)47)51(6,7)49(50(3,4)5)39-25-19-14-20-26-39;1-35(2,3)28-18-14-25(15-19-28)26-16-20-29-31-22-27-17-21-34(30(27)24-33(31)37(7,8)32(29)23-26)40(12,13)38(36(4,5)6)39(9,10)11/h13-14,16-19,22-25,28-29,33-37,40,43,47H,9-12,15,20-21,26-27,30-32H2,1-8H3;12-13,15-18,21-24,28-29,33-36,39,42,46H,8-11,14,19-20,25-27,30-32H2,1-7H3;14-16,18-20,22-24,27,30,34H,17,21H2,1-13H3/q3*+1. The first kappa shape index (κ1) is 107. The molecule has 10 atom stereocenters. The van der Waals surface area contributed by atoms with Crippen LogP contribution < -0.4 is 9.80 Å². The summed E-state index contributed by atoms with van der Waals surface area (Å²) in [5.41, 5.74) is 33.1. The number of allylic oxidation sites excluding steroid dienone is 12. The summed E-state index contributed by atoms with van der Waals surface area (Å²) in [5, 5.41) is 0. The Morgan fingerprint density at radius 3 is 1.08 bits per heavy atom. The molecular weight excluding hydrogens is 1780 g/mol. The van der Waals surface area contributed by atoms with Gasteiger partial charge in [-0.1, -0.05) is 369 Å². The van der Waals surface area contributed by atoms with E-state index < -0.39 is 24.7 Å². The summed E-state index contributed by atoms with van der Waals surface area (Å²) in [6.07, 6.45) is 52.7. The van der Waals surface area contributed by atoms with Gasteiger partial charge in [0.15, 0.2) is 24.7 Å². The molecule has 10 unspecified atom stereocenters. The molecule has 8 nitrogen and oxygen atoms in total. The molecule has 8 aromatic carbocycles. The molecule has 5 fully saturated rings. The summed E-state index contributed by atoms with van der Waals surface area (Å²) in [5.74, 6) is 4.64. The molecule has 19 rings (SSSR count). The number of hydrogen-bond acceptors (Lipinski definition) is 5. The van der Waals surface area contributed by atoms with Crippen molar-refractivity contribution in [2.75, 3.05) is 73.2 Å². The lowest BCUT2D eigenvalue weighted by molar-refractivity contribution is -0.978. The molecule has 0 bridgehead atoms. The minimum atomic E-state index is -1.89. The fraction of sp³-hybridized carbons (Fsp3) is 0.545. The quantitative estimate of drug-likeness (QED) is 0.0253. The number of fused-ring (bicyclic) bond motifs is 12. The van der Waals surface area contributed by atoms with E-state index >= 15 is 0 Å². The Morgan fingerprint density at radius 1 is 0.343 bits per heavy atom. The molecule has 0 amide bonds. The van der Waals surface area contributed by atoms with Crippen molar-refractivity contribution in [3.63, 3.8) is 0 Å². The third-order valence-corrected chi connectivity index (χ3v) is 51.5. The molecule has 0 aliphatic heterocycles. The monoisotopic (exact) mass is 1970 g/mol. The molecule has 0 heterocycles. The molecule has 0 spiro atoms. The number of nitrogens with zero attached hydrogens (tertiary/aromatic N) is 8. The lowest BCUT2D eigenvalue weighted by Crippen LogP contribution is -2.71. The van der Waals surface area contributed by atoms with Crippen LogP contribution in [0.1, 0.15) is 302 Å². The average Bonchev–Trinajstić information content (AvgIpc) is 1.55. The molecule has 11 heteroatoms. The third-order valence-electron chi connectivity index (χ3n) is 37.3. The van der Waals surface area contributed by atoms with Gasteiger partial charge in [-0.2, -0.15) is 14.0 Å². The first-order valence-electron chi connectivity index (χ1n) is 57.4. The van der Waals surface area contributed by atoms with Gasteiger partial charge in [-0.3, -0.25) is 13.8 Å². The first-order valence-corrected chi connectivity index (χ1v) is 66.5. The van der Waals surface area contributed by atoms with Crippen LogP contribution in [-0.2, 0) is 21.7 Å². The fourth-order valence-corrected chi connectivity index (χ4v) is 49.5. The van der Waals surface area contributed by atoms with E-state index in [1.165, 1.54) is 252 Å². The predicted octanol–water partition coefficient (Wildman–Crippen LogP) is 35.8. The van der Waals surface area contributed by atoms with E-state index in [4.69, 9.17) is 0 Å². The Morgan fingerprint density at radius 2 is 0.699 bits per heavy atom. The molecule has 0 N–H and O–H groups in total. The van der Waals surface area contributed by atoms with Gasteiger partial charge in [0.1, 0.15) is 0 Å². The number of anilines is 6. The summed E-state index contributed by atoms with van der Waals surface area (Å²) < 4.78 is 12.0. The second-order valence-corrected chi connectivity index (χ2v) is 66.5. The molecule has 8 aromatic rings. The van der Waals surface area contributed by atoms with E-state index in [2.05, 4.69) is 453 Å². The van der Waals surface area contributed by atoms with Crippen LogP contribution in [0.15, 0.2) is 253 Å². The Labute approximate surface area is 873 Å². The van der Waals surface area contributed by atoms with Crippen LogP contribution in [0.25, 0.3) is 27.8 Å². The zero-order valence-corrected chi connectivity index (χ0v) is 97.6. The molecule has 0 saturated heterocycles. The van der Waals surface area contributed by atoms with Gasteiger partial charge in [0.05, 0.1) is 69.0 Å². The van der Waals surface area contributed by atoms with Crippen LogP contribution in [0.2, 0.25) is 55.9 Å². The van der Waals surface area contributed by atoms with Crippen molar-refractivity contribution >= 4 is 75.6 Å². The largest absolute Gasteiger partial charge is 0.310 e. The molecular formula is C132H189N8Si3+3. The minimum absolute atomic E-state index is 0.0239. The summed E-state index contributed by atoms with van der Waals surface area (Å²) in [7, 11) is 16.4. The SMILES string of the molecule is CC(C)(C)c1ccc(-c2ccc3c(c2)C(C)(C)C2=CC4C(C=C23)CCC4[Si](C)(C)N(C(C)(C)C)[N+](C)(C)C)cc1.CCCCC1(CCCC)C2=CC3C(C=C2c2ccc(N(c4ccccc4)c4ccccc4)cc21)CC(C)C3[Si](C)(C)N(C1CCCCC1)[N+](C)(C)C.CCCCC1(CCCC)C2=CC3C(C=C2c2ccc(N(c4ccccc4)c4ccccc4)cc21)CCC3[Si](C)(C)N(C1CCCCC1)[N+](C)(C)C. The second kappa shape index (κ2) is 42.0. The van der Waals surface area contributed by atoms with Gasteiger partial charge in [-0.15, -0.1) is 0 Å². The van der Waals surface area contributed by atoms with Gasteiger partial charge in [-0.25, -0.2) is 0 Å². The molecule has 11 aliphatic rings. The summed E-state index contributed by atoms with van der Waals surface area (Å²) >= 11 is 0. The third kappa shape index (κ3) is 20.6. The number of hydrogen-bond donors (Lipinski definition) is 0. The highest BCUT2D eigenvalue weighted by atomic mass is 28.3. The van der Waals surface area contributed by atoms with Crippen LogP contribution in [-0.4, -0.2) is 134 Å². The summed E-state index contributed by atoms with van der Waals surface area (Å²) in [4.78, 5) is 4.94. The van der Waals surface area contributed by atoms with Gasteiger partial charge in [0, 0.05) is 62.5 Å². The summed E-state index contributed by atoms with van der Waals surface area (Å²) in [6, 6.07) is 77.0. The van der Waals surface area contributed by atoms with Crippen LogP contribution in [0.3, 0.4) is 0 Å². The molecule has 143 heavy (non-hydrogen) atoms. The lowest BCUT2D eigenvalue weighted by Gasteiger charge is -2.55. The number of unbranched alkanes of at least 4 members (excludes halogenated alkanes) is 4. The van der Waals surface area contributed by atoms with Gasteiger partial charge in [-0.05, 0) is 317 Å². The molecule has 11 aliphatic carbocycles. The highest BCUT2D eigenvalue weighted by molar-refractivity contribution is 6.77. The number of para-hydroxylation sites is 4. The maximum Gasteiger partial charge on any atom is 0.191 e. The van der Waals surface area contributed by atoms with Crippen molar-refractivity contribution in [3.8, 4) is 11.1 Å². The van der Waals surface area contributed by atoms with Crippen molar-refractivity contribution < 1.29 is 13.8 Å². The van der Waals surface area contributed by atoms with Gasteiger partial charge in [0.25, 0.3) is 0 Å². The van der Waals surface area contributed by atoms with E-state index in [-0.39, 0.29) is 27.2 Å². The van der Waals surface area contributed by atoms with Crippen LogP contribution in [0.5, 0.6) is 0 Å². The van der Waals surface area contributed by atoms with Gasteiger partial charge >= 0.3 is 0 Å². The Bertz CT molecular complexity index is 5810. The Kier molecular flexibility index (Phi) is 31.3. The number of quaternary nitrogens is 3. The lowest BCUT2D eigenvalue weighted by atomic mass is 9.68. The Hall–Kier alpha value is -7.79. The van der Waals surface area contributed by atoms with Crippen molar-refractivity contribution in [2.45, 2.75) is 359 Å². The maximum absolute atomic E-state index is 3.10. The predicted molar refractivity (Wildman–Crippen MR) is 625 cm³/mol. The average molecular weight is 1970 g/mol. The second-order valence-electron chi connectivity index (χ2n) is 53.1. The zero-order valence-electron chi connectivity index (χ0n) is 94.6. The molecule has 0 aromatic heterocycles. The number of benzene rings is 8. The normalized spacial score (nSPS) is 23.9. The topological polar surface area (TPSA) is 16.2 Å².